The van der Waals surface area contributed by atoms with Crippen molar-refractivity contribution in [1.29, 1.82) is 0 Å². The predicted molar refractivity (Wildman–Crippen MR) is 99.9 cm³/mol. The number of amides is 2. The second kappa shape index (κ2) is 9.62. The lowest BCUT2D eigenvalue weighted by Gasteiger charge is -2.41. The lowest BCUT2D eigenvalue weighted by atomic mass is 9.63. The lowest BCUT2D eigenvalue weighted by Crippen LogP contribution is -2.37. The standard InChI is InChI=1S/C19H32N2O6/c1-13-5-4-6-14(15(22)23)19(7-9-26-16(20)24,8-10-27-17(21)25)12-18(2,3)11-13/h6,13H,4-5,7-12H2,1-3H3,(H2,20,24)(H2,21,25)(H,22,23). The van der Waals surface area contributed by atoms with Crippen LogP contribution in [0.5, 0.6) is 0 Å². The predicted octanol–water partition coefficient (Wildman–Crippen LogP) is 3.19. The molecule has 1 atom stereocenters. The summed E-state index contributed by atoms with van der Waals surface area (Å²) < 4.78 is 9.81. The van der Waals surface area contributed by atoms with Gasteiger partial charge in [0, 0.05) is 11.0 Å². The highest BCUT2D eigenvalue weighted by molar-refractivity contribution is 5.88. The van der Waals surface area contributed by atoms with E-state index in [0.29, 0.717) is 18.8 Å². The molecule has 0 fully saturated rings. The zero-order chi connectivity index (χ0) is 20.7. The summed E-state index contributed by atoms with van der Waals surface area (Å²) >= 11 is 0. The maximum atomic E-state index is 12.1. The summed E-state index contributed by atoms with van der Waals surface area (Å²) in [5.74, 6) is -0.565. The molecule has 0 spiro atoms. The van der Waals surface area contributed by atoms with Crippen LogP contribution in [-0.2, 0) is 14.3 Å². The third-order valence-corrected chi connectivity index (χ3v) is 5.18. The first-order chi connectivity index (χ1) is 12.5. The molecule has 1 aliphatic rings. The third kappa shape index (κ3) is 7.48. The zero-order valence-electron chi connectivity index (χ0n) is 16.5. The minimum Gasteiger partial charge on any atom is -0.478 e. The van der Waals surface area contributed by atoms with Crippen LogP contribution in [-0.4, -0.2) is 36.5 Å². The van der Waals surface area contributed by atoms with Crippen molar-refractivity contribution in [3.05, 3.63) is 11.6 Å². The summed E-state index contributed by atoms with van der Waals surface area (Å²) in [4.78, 5) is 34.1. The van der Waals surface area contributed by atoms with Crippen LogP contribution in [0.1, 0.15) is 59.3 Å². The molecule has 0 saturated carbocycles. The number of rotatable bonds is 7. The molecule has 0 aromatic rings. The molecule has 1 aliphatic carbocycles. The Hall–Kier alpha value is -2.25. The zero-order valence-corrected chi connectivity index (χ0v) is 16.5. The number of hydrogen-bond acceptors (Lipinski definition) is 5. The van der Waals surface area contributed by atoms with E-state index in [9.17, 15) is 19.5 Å². The van der Waals surface area contributed by atoms with Crippen LogP contribution in [0.4, 0.5) is 9.59 Å². The minimum absolute atomic E-state index is 0.0117. The van der Waals surface area contributed by atoms with Gasteiger partial charge in [-0.2, -0.15) is 0 Å². The van der Waals surface area contributed by atoms with E-state index < -0.39 is 23.6 Å². The molecular formula is C19H32N2O6. The molecule has 8 heteroatoms. The van der Waals surface area contributed by atoms with Gasteiger partial charge in [-0.25, -0.2) is 14.4 Å². The fraction of sp³-hybridized carbons (Fsp3) is 0.737. The van der Waals surface area contributed by atoms with Crippen LogP contribution in [0.15, 0.2) is 11.6 Å². The maximum absolute atomic E-state index is 12.1. The monoisotopic (exact) mass is 384 g/mol. The third-order valence-electron chi connectivity index (χ3n) is 5.18. The number of hydrogen-bond donors (Lipinski definition) is 3. The molecule has 0 heterocycles. The molecule has 27 heavy (non-hydrogen) atoms. The van der Waals surface area contributed by atoms with Gasteiger partial charge in [0.1, 0.15) is 0 Å². The number of allylic oxidation sites excluding steroid dienone is 1. The van der Waals surface area contributed by atoms with Crippen LogP contribution in [0.25, 0.3) is 0 Å². The van der Waals surface area contributed by atoms with E-state index in [0.717, 1.165) is 12.8 Å². The fourth-order valence-corrected chi connectivity index (χ4v) is 4.44. The van der Waals surface area contributed by atoms with Gasteiger partial charge in [-0.1, -0.05) is 26.8 Å². The van der Waals surface area contributed by atoms with Gasteiger partial charge in [-0.3, -0.25) is 0 Å². The van der Waals surface area contributed by atoms with Crippen molar-refractivity contribution in [2.24, 2.45) is 28.2 Å². The van der Waals surface area contributed by atoms with Crippen molar-refractivity contribution in [3.8, 4) is 0 Å². The maximum Gasteiger partial charge on any atom is 0.404 e. The van der Waals surface area contributed by atoms with Crippen LogP contribution in [0, 0.1) is 16.7 Å². The topological polar surface area (TPSA) is 142 Å². The van der Waals surface area contributed by atoms with Gasteiger partial charge >= 0.3 is 18.2 Å². The average molecular weight is 384 g/mol. The molecule has 1 unspecified atom stereocenters. The molecule has 1 rings (SSSR count). The SMILES string of the molecule is CC1CCC=C(C(=O)O)C(CCOC(N)=O)(CCOC(N)=O)CC(C)(C)C1. The molecule has 0 saturated heterocycles. The number of carbonyl (C=O) groups is 3. The molecule has 0 aromatic heterocycles. The number of nitrogens with two attached hydrogens (primary N) is 2. The van der Waals surface area contributed by atoms with Crippen LogP contribution < -0.4 is 11.5 Å². The first-order valence-electron chi connectivity index (χ1n) is 9.26. The Kier molecular flexibility index (Phi) is 8.12. The van der Waals surface area contributed by atoms with Gasteiger partial charge in [-0.05, 0) is 49.9 Å². The van der Waals surface area contributed by atoms with Crippen molar-refractivity contribution >= 4 is 18.2 Å². The van der Waals surface area contributed by atoms with E-state index in [1.54, 1.807) is 6.08 Å². The van der Waals surface area contributed by atoms with E-state index in [1.807, 2.05) is 0 Å². The summed E-state index contributed by atoms with van der Waals surface area (Å²) in [5, 5.41) is 9.90. The summed E-state index contributed by atoms with van der Waals surface area (Å²) in [7, 11) is 0. The number of aliphatic carboxylic acids is 1. The van der Waals surface area contributed by atoms with Crippen LogP contribution >= 0.6 is 0 Å². The molecule has 0 bridgehead atoms. The number of carbonyl (C=O) groups excluding carboxylic acids is 2. The summed E-state index contributed by atoms with van der Waals surface area (Å²) in [6.45, 7) is 6.35. The molecule has 2 amide bonds. The first-order valence-corrected chi connectivity index (χ1v) is 9.26. The van der Waals surface area contributed by atoms with Crippen molar-refractivity contribution in [2.45, 2.75) is 59.3 Å². The average Bonchev–Trinajstić information content (AvgIpc) is 2.52. The second-order valence-electron chi connectivity index (χ2n) is 8.27. The quantitative estimate of drug-likeness (QED) is 0.615. The van der Waals surface area contributed by atoms with E-state index >= 15 is 0 Å². The molecule has 5 N–H and O–H groups in total. The molecule has 0 aliphatic heterocycles. The van der Waals surface area contributed by atoms with E-state index in [4.69, 9.17) is 20.9 Å². The van der Waals surface area contributed by atoms with Crippen molar-refractivity contribution < 1.29 is 29.0 Å². The molecule has 0 aromatic carbocycles. The Balaban J connectivity index is 3.29. The Bertz CT molecular complexity index is 565. The summed E-state index contributed by atoms with van der Waals surface area (Å²) in [6, 6.07) is 0. The Labute approximate surface area is 160 Å². The fourth-order valence-electron chi connectivity index (χ4n) is 4.44. The number of ether oxygens (including phenoxy) is 2. The molecular weight excluding hydrogens is 352 g/mol. The van der Waals surface area contributed by atoms with Crippen molar-refractivity contribution in [3.63, 3.8) is 0 Å². The first kappa shape index (κ1) is 22.8. The van der Waals surface area contributed by atoms with E-state index in [2.05, 4.69) is 20.8 Å². The van der Waals surface area contributed by atoms with E-state index in [-0.39, 0.29) is 37.0 Å². The highest BCUT2D eigenvalue weighted by Gasteiger charge is 2.43. The van der Waals surface area contributed by atoms with Crippen molar-refractivity contribution in [2.75, 3.05) is 13.2 Å². The minimum atomic E-state index is -1.02. The normalized spacial score (nSPS) is 21.7. The molecule has 0 radical (unpaired) electrons. The Morgan fingerprint density at radius 2 is 1.67 bits per heavy atom. The van der Waals surface area contributed by atoms with Gasteiger partial charge in [0.05, 0.1) is 13.2 Å². The molecule has 8 nitrogen and oxygen atoms in total. The van der Waals surface area contributed by atoms with Gasteiger partial charge in [0.2, 0.25) is 0 Å². The van der Waals surface area contributed by atoms with Gasteiger partial charge in [-0.15, -0.1) is 0 Å². The van der Waals surface area contributed by atoms with Gasteiger partial charge in [0.15, 0.2) is 0 Å². The molecule has 154 valence electrons. The highest BCUT2D eigenvalue weighted by atomic mass is 16.5. The van der Waals surface area contributed by atoms with Gasteiger partial charge in [0.25, 0.3) is 0 Å². The highest BCUT2D eigenvalue weighted by Crippen LogP contribution is 2.49. The van der Waals surface area contributed by atoms with Crippen LogP contribution in [0.3, 0.4) is 0 Å². The number of primary amides is 2. The van der Waals surface area contributed by atoms with Crippen molar-refractivity contribution in [1.82, 2.24) is 0 Å². The van der Waals surface area contributed by atoms with Crippen LogP contribution in [0.2, 0.25) is 0 Å². The number of carboxylic acid groups (broad SMARTS) is 1. The number of carboxylic acids is 1. The Morgan fingerprint density at radius 1 is 1.15 bits per heavy atom. The van der Waals surface area contributed by atoms with Gasteiger partial charge < -0.3 is 26.0 Å². The lowest BCUT2D eigenvalue weighted by molar-refractivity contribution is -0.134. The van der Waals surface area contributed by atoms with E-state index in [1.165, 1.54) is 0 Å². The Morgan fingerprint density at radius 3 is 2.11 bits per heavy atom. The largest absolute Gasteiger partial charge is 0.478 e. The summed E-state index contributed by atoms with van der Waals surface area (Å²) in [6.07, 6.45) is 3.51. The summed E-state index contributed by atoms with van der Waals surface area (Å²) in [5.41, 5.74) is 9.40. The smallest absolute Gasteiger partial charge is 0.404 e. The second-order valence-corrected chi connectivity index (χ2v) is 8.27.